The molecular weight excluding hydrogens is 270 g/mol. The summed E-state index contributed by atoms with van der Waals surface area (Å²) in [6, 6.07) is 4.83. The van der Waals surface area contributed by atoms with Crippen LogP contribution in [0, 0.1) is 0 Å². The van der Waals surface area contributed by atoms with E-state index < -0.39 is 6.10 Å². The summed E-state index contributed by atoms with van der Waals surface area (Å²) in [5.41, 5.74) is 0.372. The topological polar surface area (TPSA) is 67.8 Å². The van der Waals surface area contributed by atoms with Gasteiger partial charge >= 0.3 is 0 Å². The molecule has 0 aliphatic rings. The van der Waals surface area contributed by atoms with Crippen LogP contribution in [0.4, 0.5) is 0 Å². The average molecular weight is 288 g/mol. The molecule has 1 aromatic carbocycles. The highest BCUT2D eigenvalue weighted by Gasteiger charge is 2.13. The molecule has 0 spiro atoms. The summed E-state index contributed by atoms with van der Waals surface area (Å²) < 4.78 is 9.90. The van der Waals surface area contributed by atoms with Crippen LogP contribution in [0.25, 0.3) is 0 Å². The quantitative estimate of drug-likeness (QED) is 0.797. The molecule has 0 radical (unpaired) electrons. The molecule has 0 saturated heterocycles. The first-order valence-corrected chi connectivity index (χ1v) is 6.25. The molecule has 0 bridgehead atoms. The van der Waals surface area contributed by atoms with Gasteiger partial charge in [0, 0.05) is 18.7 Å². The van der Waals surface area contributed by atoms with Crippen molar-refractivity contribution < 1.29 is 19.4 Å². The van der Waals surface area contributed by atoms with Crippen molar-refractivity contribution in [2.24, 2.45) is 0 Å². The Bertz CT molecular complexity index is 425. The fourth-order valence-electron chi connectivity index (χ4n) is 1.58. The van der Waals surface area contributed by atoms with Crippen LogP contribution in [0.3, 0.4) is 0 Å². The molecular formula is C13H18ClNO4. The highest BCUT2D eigenvalue weighted by atomic mass is 35.5. The SMILES string of the molecule is COCC(O)CCNC(=O)c1cc(Cl)ccc1OC. The molecule has 0 saturated carbocycles. The highest BCUT2D eigenvalue weighted by Crippen LogP contribution is 2.22. The Hall–Kier alpha value is -1.30. The van der Waals surface area contributed by atoms with E-state index in [1.165, 1.54) is 14.2 Å². The maximum absolute atomic E-state index is 12.0. The van der Waals surface area contributed by atoms with Crippen LogP contribution in [-0.4, -0.2) is 44.5 Å². The molecule has 0 heterocycles. The summed E-state index contributed by atoms with van der Waals surface area (Å²) >= 11 is 5.85. The lowest BCUT2D eigenvalue weighted by Gasteiger charge is -2.12. The summed E-state index contributed by atoms with van der Waals surface area (Å²) in [4.78, 5) is 12.0. The van der Waals surface area contributed by atoms with E-state index in [0.717, 1.165) is 0 Å². The van der Waals surface area contributed by atoms with Gasteiger partial charge in [-0.2, -0.15) is 0 Å². The Labute approximate surface area is 117 Å². The number of aliphatic hydroxyl groups is 1. The molecule has 106 valence electrons. The average Bonchev–Trinajstić information content (AvgIpc) is 2.38. The van der Waals surface area contributed by atoms with E-state index in [9.17, 15) is 9.90 Å². The fourth-order valence-corrected chi connectivity index (χ4v) is 1.75. The number of methoxy groups -OCH3 is 2. The highest BCUT2D eigenvalue weighted by molar-refractivity contribution is 6.31. The lowest BCUT2D eigenvalue weighted by Crippen LogP contribution is -2.28. The van der Waals surface area contributed by atoms with Crippen LogP contribution < -0.4 is 10.1 Å². The zero-order chi connectivity index (χ0) is 14.3. The molecule has 1 rings (SSSR count). The van der Waals surface area contributed by atoms with Gasteiger partial charge in [-0.3, -0.25) is 4.79 Å². The van der Waals surface area contributed by atoms with Gasteiger partial charge in [0.15, 0.2) is 0 Å². The summed E-state index contributed by atoms with van der Waals surface area (Å²) in [5, 5.41) is 12.6. The summed E-state index contributed by atoms with van der Waals surface area (Å²) in [6.07, 6.45) is -0.172. The van der Waals surface area contributed by atoms with Crippen molar-refractivity contribution in [1.29, 1.82) is 0 Å². The normalized spacial score (nSPS) is 12.0. The third kappa shape index (κ3) is 5.06. The predicted octanol–water partition coefficient (Wildman–Crippen LogP) is 1.48. The standard InChI is InChI=1S/C13H18ClNO4/c1-18-8-10(16)5-6-15-13(17)11-7-9(14)3-4-12(11)19-2/h3-4,7,10,16H,5-6,8H2,1-2H3,(H,15,17). The number of hydrogen-bond donors (Lipinski definition) is 2. The summed E-state index contributed by atoms with van der Waals surface area (Å²) in [7, 11) is 3.00. The number of ether oxygens (including phenoxy) is 2. The number of carbonyl (C=O) groups is 1. The molecule has 0 aliphatic heterocycles. The van der Waals surface area contributed by atoms with Crippen LogP contribution in [-0.2, 0) is 4.74 Å². The molecule has 0 aliphatic carbocycles. The molecule has 1 amide bonds. The maximum Gasteiger partial charge on any atom is 0.255 e. The van der Waals surface area contributed by atoms with E-state index in [-0.39, 0.29) is 12.5 Å². The molecule has 1 atom stereocenters. The Balaban J connectivity index is 2.56. The van der Waals surface area contributed by atoms with E-state index in [4.69, 9.17) is 21.1 Å². The van der Waals surface area contributed by atoms with Gasteiger partial charge in [-0.1, -0.05) is 11.6 Å². The van der Waals surface area contributed by atoms with Crippen LogP contribution in [0.2, 0.25) is 5.02 Å². The number of halogens is 1. The molecule has 0 fully saturated rings. The lowest BCUT2D eigenvalue weighted by molar-refractivity contribution is 0.0587. The van der Waals surface area contributed by atoms with E-state index in [1.54, 1.807) is 18.2 Å². The van der Waals surface area contributed by atoms with Crippen molar-refractivity contribution in [2.75, 3.05) is 27.4 Å². The van der Waals surface area contributed by atoms with Crippen molar-refractivity contribution in [2.45, 2.75) is 12.5 Å². The first-order chi connectivity index (χ1) is 9.08. The zero-order valence-corrected chi connectivity index (χ0v) is 11.7. The third-order valence-electron chi connectivity index (χ3n) is 2.53. The number of benzene rings is 1. The van der Waals surface area contributed by atoms with Gasteiger partial charge in [-0.25, -0.2) is 0 Å². The molecule has 5 nitrogen and oxygen atoms in total. The number of hydrogen-bond acceptors (Lipinski definition) is 4. The van der Waals surface area contributed by atoms with Gasteiger partial charge in [-0.15, -0.1) is 0 Å². The van der Waals surface area contributed by atoms with Crippen molar-refractivity contribution >= 4 is 17.5 Å². The van der Waals surface area contributed by atoms with Gasteiger partial charge in [0.25, 0.3) is 5.91 Å². The van der Waals surface area contributed by atoms with Gasteiger partial charge in [0.2, 0.25) is 0 Å². The molecule has 19 heavy (non-hydrogen) atoms. The van der Waals surface area contributed by atoms with E-state index in [0.29, 0.717) is 29.3 Å². The minimum Gasteiger partial charge on any atom is -0.496 e. The minimum absolute atomic E-state index is 0.246. The number of amides is 1. The van der Waals surface area contributed by atoms with Crippen molar-refractivity contribution in [3.05, 3.63) is 28.8 Å². The van der Waals surface area contributed by atoms with E-state index in [1.807, 2.05) is 0 Å². The molecule has 1 unspecified atom stereocenters. The van der Waals surface area contributed by atoms with Crippen LogP contribution in [0.5, 0.6) is 5.75 Å². The Morgan fingerprint density at radius 2 is 2.21 bits per heavy atom. The first-order valence-electron chi connectivity index (χ1n) is 5.87. The smallest absolute Gasteiger partial charge is 0.255 e. The second-order valence-electron chi connectivity index (χ2n) is 4.00. The number of nitrogens with one attached hydrogen (secondary N) is 1. The van der Waals surface area contributed by atoms with Crippen LogP contribution in [0.15, 0.2) is 18.2 Å². The number of carbonyl (C=O) groups excluding carboxylic acids is 1. The largest absolute Gasteiger partial charge is 0.496 e. The molecule has 6 heteroatoms. The maximum atomic E-state index is 12.0. The molecule has 2 N–H and O–H groups in total. The van der Waals surface area contributed by atoms with Crippen molar-refractivity contribution in [3.63, 3.8) is 0 Å². The Kier molecular flexibility index (Phi) is 6.62. The van der Waals surface area contributed by atoms with Gasteiger partial charge < -0.3 is 19.9 Å². The van der Waals surface area contributed by atoms with Crippen molar-refractivity contribution in [3.8, 4) is 5.75 Å². The second-order valence-corrected chi connectivity index (χ2v) is 4.43. The van der Waals surface area contributed by atoms with Gasteiger partial charge in [-0.05, 0) is 24.6 Å². The predicted molar refractivity (Wildman–Crippen MR) is 72.8 cm³/mol. The molecule has 0 aromatic heterocycles. The Morgan fingerprint density at radius 3 is 2.84 bits per heavy atom. The Morgan fingerprint density at radius 1 is 1.47 bits per heavy atom. The van der Waals surface area contributed by atoms with Crippen LogP contribution >= 0.6 is 11.6 Å². The number of rotatable bonds is 7. The van der Waals surface area contributed by atoms with E-state index in [2.05, 4.69) is 5.32 Å². The third-order valence-corrected chi connectivity index (χ3v) is 2.76. The lowest BCUT2D eigenvalue weighted by atomic mass is 10.2. The fraction of sp³-hybridized carbons (Fsp3) is 0.462. The monoisotopic (exact) mass is 287 g/mol. The van der Waals surface area contributed by atoms with Crippen molar-refractivity contribution in [1.82, 2.24) is 5.32 Å². The second kappa shape index (κ2) is 7.99. The molecule has 1 aromatic rings. The number of aliphatic hydroxyl groups excluding tert-OH is 1. The summed E-state index contributed by atoms with van der Waals surface area (Å²) in [6.45, 7) is 0.593. The van der Waals surface area contributed by atoms with E-state index >= 15 is 0 Å². The zero-order valence-electron chi connectivity index (χ0n) is 11.0. The summed E-state index contributed by atoms with van der Waals surface area (Å²) in [5.74, 6) is 0.170. The van der Waals surface area contributed by atoms with Gasteiger partial charge in [0.1, 0.15) is 5.75 Å². The van der Waals surface area contributed by atoms with Crippen LogP contribution in [0.1, 0.15) is 16.8 Å². The van der Waals surface area contributed by atoms with Gasteiger partial charge in [0.05, 0.1) is 25.4 Å². The first kappa shape index (κ1) is 15.8. The minimum atomic E-state index is -0.591.